The number of hydrogen-bond acceptors (Lipinski definition) is 3. The van der Waals surface area contributed by atoms with Crippen molar-refractivity contribution in [2.45, 2.75) is 20.8 Å². The highest BCUT2D eigenvalue weighted by Crippen LogP contribution is 2.34. The van der Waals surface area contributed by atoms with E-state index in [1.165, 1.54) is 18.2 Å². The first-order chi connectivity index (χ1) is 12.5. The number of aromatic nitrogens is 1. The molecule has 1 N–H and O–H groups in total. The van der Waals surface area contributed by atoms with E-state index >= 15 is 0 Å². The number of rotatable bonds is 3. The monoisotopic (exact) mass is 346 g/mol. The molecule has 2 aromatic carbocycles. The number of anilines is 1. The summed E-state index contributed by atoms with van der Waals surface area (Å²) in [5.41, 5.74) is 7.62. The number of aryl methyl sites for hydroxylation is 3. The van der Waals surface area contributed by atoms with Gasteiger partial charge in [-0.05, 0) is 32.4 Å². The lowest BCUT2D eigenvalue weighted by atomic mass is 9.99. The van der Waals surface area contributed by atoms with Crippen LogP contribution in [0.15, 0.2) is 54.6 Å². The van der Waals surface area contributed by atoms with Crippen LogP contribution < -0.4 is 5.32 Å². The van der Waals surface area contributed by atoms with Crippen molar-refractivity contribution >= 4 is 11.8 Å². The first-order valence-electron chi connectivity index (χ1n) is 8.48. The Morgan fingerprint density at radius 1 is 0.885 bits per heavy atom. The van der Waals surface area contributed by atoms with Crippen molar-refractivity contribution < 1.29 is 9.53 Å². The molecule has 1 aromatic heterocycles. The van der Waals surface area contributed by atoms with E-state index in [9.17, 15) is 4.79 Å². The largest absolute Gasteiger partial charge is 0.453 e. The average molecular weight is 346 g/mol. The number of pyridine rings is 1. The van der Waals surface area contributed by atoms with Gasteiger partial charge in [0.1, 0.15) is 0 Å². The highest BCUT2D eigenvalue weighted by Gasteiger charge is 2.15. The van der Waals surface area contributed by atoms with Crippen molar-refractivity contribution in [2.75, 3.05) is 12.4 Å². The standard InChI is InChI=1S/C22H22N2O2/c1-14-5-9-17(10-6-14)19-13-20(18-11-7-15(2)8-12-18)23-16(3)21(19)24-22(25)26-4/h5-13H,1-4H3,(H,24,25). The van der Waals surface area contributed by atoms with Crippen LogP contribution in [0, 0.1) is 20.8 Å². The molecule has 0 atom stereocenters. The molecule has 0 saturated carbocycles. The summed E-state index contributed by atoms with van der Waals surface area (Å²) in [4.78, 5) is 16.5. The van der Waals surface area contributed by atoms with E-state index in [0.29, 0.717) is 5.69 Å². The zero-order chi connectivity index (χ0) is 18.7. The summed E-state index contributed by atoms with van der Waals surface area (Å²) in [6.45, 7) is 6.00. The van der Waals surface area contributed by atoms with Crippen LogP contribution >= 0.6 is 0 Å². The van der Waals surface area contributed by atoms with Crippen molar-refractivity contribution in [3.63, 3.8) is 0 Å². The maximum absolute atomic E-state index is 11.8. The zero-order valence-corrected chi connectivity index (χ0v) is 15.5. The number of amides is 1. The summed E-state index contributed by atoms with van der Waals surface area (Å²) >= 11 is 0. The molecule has 1 heterocycles. The van der Waals surface area contributed by atoms with Gasteiger partial charge in [0.2, 0.25) is 0 Å². The summed E-state index contributed by atoms with van der Waals surface area (Å²) in [7, 11) is 1.35. The van der Waals surface area contributed by atoms with Crippen molar-refractivity contribution in [3.05, 3.63) is 71.4 Å². The molecule has 26 heavy (non-hydrogen) atoms. The Hall–Kier alpha value is -3.14. The van der Waals surface area contributed by atoms with Crippen LogP contribution in [0.4, 0.5) is 10.5 Å². The zero-order valence-electron chi connectivity index (χ0n) is 15.5. The van der Waals surface area contributed by atoms with E-state index in [1.807, 2.05) is 32.0 Å². The SMILES string of the molecule is COC(=O)Nc1c(-c2ccc(C)cc2)cc(-c2ccc(C)cc2)nc1C. The van der Waals surface area contributed by atoms with E-state index in [-0.39, 0.29) is 0 Å². The minimum absolute atomic E-state index is 0.508. The fourth-order valence-electron chi connectivity index (χ4n) is 2.82. The number of benzene rings is 2. The molecule has 0 unspecified atom stereocenters. The van der Waals surface area contributed by atoms with Crippen LogP contribution in [0.25, 0.3) is 22.4 Å². The first kappa shape index (κ1) is 17.7. The van der Waals surface area contributed by atoms with Gasteiger partial charge in [-0.15, -0.1) is 0 Å². The summed E-state index contributed by atoms with van der Waals surface area (Å²) in [5.74, 6) is 0. The molecule has 4 nitrogen and oxygen atoms in total. The van der Waals surface area contributed by atoms with Crippen LogP contribution in [-0.2, 0) is 4.74 Å². The highest BCUT2D eigenvalue weighted by molar-refractivity contribution is 5.93. The van der Waals surface area contributed by atoms with Gasteiger partial charge in [-0.3, -0.25) is 10.3 Å². The van der Waals surface area contributed by atoms with E-state index in [4.69, 9.17) is 9.72 Å². The number of ether oxygens (including phenoxy) is 1. The third-order valence-electron chi connectivity index (χ3n) is 4.32. The third-order valence-corrected chi connectivity index (χ3v) is 4.32. The summed E-state index contributed by atoms with van der Waals surface area (Å²) in [6, 6.07) is 18.5. The lowest BCUT2D eigenvalue weighted by Crippen LogP contribution is -2.13. The van der Waals surface area contributed by atoms with Crippen LogP contribution in [0.1, 0.15) is 16.8 Å². The molecule has 0 spiro atoms. The fourth-order valence-corrected chi connectivity index (χ4v) is 2.82. The molecule has 0 radical (unpaired) electrons. The number of hydrogen-bond donors (Lipinski definition) is 1. The topological polar surface area (TPSA) is 51.2 Å². The Morgan fingerprint density at radius 3 is 1.96 bits per heavy atom. The van der Waals surface area contributed by atoms with Gasteiger partial charge in [-0.25, -0.2) is 4.79 Å². The predicted molar refractivity (Wildman–Crippen MR) is 105 cm³/mol. The molecular weight excluding hydrogens is 324 g/mol. The van der Waals surface area contributed by atoms with Gasteiger partial charge in [0, 0.05) is 11.1 Å². The Labute approximate surface area is 153 Å². The molecule has 0 aliphatic heterocycles. The van der Waals surface area contributed by atoms with Crippen LogP contribution in [0.2, 0.25) is 0 Å². The van der Waals surface area contributed by atoms with E-state index < -0.39 is 6.09 Å². The Bertz CT molecular complexity index is 930. The molecule has 0 saturated heterocycles. The van der Waals surface area contributed by atoms with E-state index in [1.54, 1.807) is 0 Å². The molecular formula is C22H22N2O2. The van der Waals surface area contributed by atoms with Gasteiger partial charge >= 0.3 is 6.09 Å². The lowest BCUT2D eigenvalue weighted by Gasteiger charge is -2.16. The second-order valence-electron chi connectivity index (χ2n) is 6.36. The van der Waals surface area contributed by atoms with Gasteiger partial charge in [-0.1, -0.05) is 59.7 Å². The molecule has 0 bridgehead atoms. The van der Waals surface area contributed by atoms with Gasteiger partial charge in [0.15, 0.2) is 0 Å². The lowest BCUT2D eigenvalue weighted by molar-refractivity contribution is 0.187. The first-order valence-corrected chi connectivity index (χ1v) is 8.48. The smallest absolute Gasteiger partial charge is 0.411 e. The molecule has 3 rings (SSSR count). The van der Waals surface area contributed by atoms with Gasteiger partial charge in [0.25, 0.3) is 0 Å². The van der Waals surface area contributed by atoms with Gasteiger partial charge in [0.05, 0.1) is 24.2 Å². The Kier molecular flexibility index (Phi) is 5.03. The summed E-state index contributed by atoms with van der Waals surface area (Å²) < 4.78 is 4.77. The number of nitrogens with one attached hydrogen (secondary N) is 1. The van der Waals surface area contributed by atoms with Crippen molar-refractivity contribution in [1.82, 2.24) is 4.98 Å². The fraction of sp³-hybridized carbons (Fsp3) is 0.182. The summed E-state index contributed by atoms with van der Waals surface area (Å²) in [6.07, 6.45) is -0.508. The molecule has 4 heteroatoms. The third kappa shape index (κ3) is 3.75. The van der Waals surface area contributed by atoms with Crippen molar-refractivity contribution in [3.8, 4) is 22.4 Å². The normalized spacial score (nSPS) is 10.5. The highest BCUT2D eigenvalue weighted by atomic mass is 16.5. The number of methoxy groups -OCH3 is 1. The Morgan fingerprint density at radius 2 is 1.42 bits per heavy atom. The van der Waals surface area contributed by atoms with Gasteiger partial charge < -0.3 is 4.74 Å². The van der Waals surface area contributed by atoms with Crippen LogP contribution in [0.3, 0.4) is 0 Å². The van der Waals surface area contributed by atoms with Gasteiger partial charge in [-0.2, -0.15) is 0 Å². The second kappa shape index (κ2) is 7.40. The molecule has 132 valence electrons. The minimum Gasteiger partial charge on any atom is -0.453 e. The predicted octanol–water partition coefficient (Wildman–Crippen LogP) is 5.52. The molecule has 0 aliphatic carbocycles. The molecule has 1 amide bonds. The number of carbonyl (C=O) groups is 1. The molecule has 0 aliphatic rings. The summed E-state index contributed by atoms with van der Waals surface area (Å²) in [5, 5.41) is 2.81. The number of carbonyl (C=O) groups excluding carboxylic acids is 1. The van der Waals surface area contributed by atoms with E-state index in [2.05, 4.69) is 48.6 Å². The molecule has 0 fully saturated rings. The quantitative estimate of drug-likeness (QED) is 0.679. The second-order valence-corrected chi connectivity index (χ2v) is 6.36. The molecule has 3 aromatic rings. The van der Waals surface area contributed by atoms with Crippen molar-refractivity contribution in [2.24, 2.45) is 0 Å². The Balaban J connectivity index is 2.17. The maximum atomic E-state index is 11.8. The average Bonchev–Trinajstić information content (AvgIpc) is 2.64. The maximum Gasteiger partial charge on any atom is 0.411 e. The van der Waals surface area contributed by atoms with Crippen LogP contribution in [-0.4, -0.2) is 18.2 Å². The number of nitrogens with zero attached hydrogens (tertiary/aromatic N) is 1. The van der Waals surface area contributed by atoms with E-state index in [0.717, 1.165) is 28.1 Å². The minimum atomic E-state index is -0.508. The van der Waals surface area contributed by atoms with Crippen molar-refractivity contribution in [1.29, 1.82) is 0 Å². The van der Waals surface area contributed by atoms with Crippen LogP contribution in [0.5, 0.6) is 0 Å².